The lowest BCUT2D eigenvalue weighted by molar-refractivity contribution is -0.127. The number of nitrogens with zero attached hydrogens (tertiary/aromatic N) is 2. The van der Waals surface area contributed by atoms with E-state index in [0.717, 1.165) is 19.4 Å². The number of hydrogen-bond donors (Lipinski definition) is 2. The van der Waals surface area contributed by atoms with Gasteiger partial charge in [0, 0.05) is 20.6 Å². The lowest BCUT2D eigenvalue weighted by Gasteiger charge is -2.14. The molecule has 1 rings (SSSR count). The molecule has 0 spiro atoms. The van der Waals surface area contributed by atoms with E-state index in [9.17, 15) is 4.79 Å². The highest BCUT2D eigenvalue weighted by Gasteiger charge is 2.05. The predicted molar refractivity (Wildman–Crippen MR) is 85.1 cm³/mol. The Balaban J connectivity index is 2.50. The van der Waals surface area contributed by atoms with Crippen molar-refractivity contribution in [2.24, 2.45) is 4.99 Å². The molecular weight excluding hydrogens is 272 g/mol. The minimum atomic E-state index is 0.0329. The third kappa shape index (κ3) is 6.56. The predicted octanol–water partition coefficient (Wildman–Crippen LogP) is 1.67. The molecule has 1 amide bonds. The third-order valence-electron chi connectivity index (χ3n) is 2.73. The molecule has 2 N–H and O–H groups in total. The van der Waals surface area contributed by atoms with E-state index in [2.05, 4.69) is 34.0 Å². The SMILES string of the molecule is CCCCNC(=NCc1ccsc1)NCC(=O)N(C)C. The number of likely N-dealkylation sites (N-methyl/N-ethyl adjacent to an activating group) is 1. The van der Waals surface area contributed by atoms with E-state index in [4.69, 9.17) is 0 Å². The van der Waals surface area contributed by atoms with Crippen LogP contribution in [0.1, 0.15) is 25.3 Å². The van der Waals surface area contributed by atoms with Crippen molar-refractivity contribution in [2.75, 3.05) is 27.2 Å². The molecule has 0 radical (unpaired) electrons. The number of carbonyl (C=O) groups excluding carboxylic acids is 1. The van der Waals surface area contributed by atoms with Gasteiger partial charge in [0.25, 0.3) is 0 Å². The minimum absolute atomic E-state index is 0.0329. The van der Waals surface area contributed by atoms with Crippen LogP contribution < -0.4 is 10.6 Å². The van der Waals surface area contributed by atoms with Crippen LogP contribution in [-0.4, -0.2) is 44.0 Å². The molecule has 0 aliphatic heterocycles. The summed E-state index contributed by atoms with van der Waals surface area (Å²) in [7, 11) is 3.49. The van der Waals surface area contributed by atoms with Gasteiger partial charge in [-0.05, 0) is 28.8 Å². The quantitative estimate of drug-likeness (QED) is 0.457. The summed E-state index contributed by atoms with van der Waals surface area (Å²) in [5.74, 6) is 0.727. The molecule has 1 aromatic heterocycles. The first kappa shape index (κ1) is 16.5. The van der Waals surface area contributed by atoms with E-state index in [-0.39, 0.29) is 12.5 Å². The Labute approximate surface area is 125 Å². The van der Waals surface area contributed by atoms with Gasteiger partial charge in [0.15, 0.2) is 5.96 Å². The molecule has 0 atom stereocenters. The standard InChI is InChI=1S/C14H24N4OS/c1-4-5-7-15-14(17-10-13(19)18(2)3)16-9-12-6-8-20-11-12/h6,8,11H,4-5,7,9-10H2,1-3H3,(H2,15,16,17). The summed E-state index contributed by atoms with van der Waals surface area (Å²) in [6, 6.07) is 2.06. The Bertz CT molecular complexity index is 415. The van der Waals surface area contributed by atoms with E-state index >= 15 is 0 Å². The summed E-state index contributed by atoms with van der Waals surface area (Å²) in [4.78, 5) is 17.7. The number of thiophene rings is 1. The first-order valence-corrected chi connectivity index (χ1v) is 7.81. The van der Waals surface area contributed by atoms with Crippen LogP contribution in [0.15, 0.2) is 21.8 Å². The largest absolute Gasteiger partial charge is 0.356 e. The van der Waals surface area contributed by atoms with Crippen LogP contribution in [-0.2, 0) is 11.3 Å². The van der Waals surface area contributed by atoms with E-state index in [1.807, 2.05) is 5.38 Å². The van der Waals surface area contributed by atoms with E-state index in [0.29, 0.717) is 12.5 Å². The fraction of sp³-hybridized carbons (Fsp3) is 0.571. The van der Waals surface area contributed by atoms with Crippen LogP contribution >= 0.6 is 11.3 Å². The smallest absolute Gasteiger partial charge is 0.241 e. The van der Waals surface area contributed by atoms with Crippen molar-refractivity contribution in [1.82, 2.24) is 15.5 Å². The van der Waals surface area contributed by atoms with Crippen LogP contribution in [0.3, 0.4) is 0 Å². The van der Waals surface area contributed by atoms with Crippen molar-refractivity contribution in [3.05, 3.63) is 22.4 Å². The molecule has 1 heterocycles. The molecule has 0 aromatic carbocycles. The molecule has 0 saturated carbocycles. The van der Waals surface area contributed by atoms with E-state index in [1.54, 1.807) is 30.3 Å². The fourth-order valence-corrected chi connectivity index (χ4v) is 2.09. The zero-order valence-electron chi connectivity index (χ0n) is 12.5. The molecule has 6 heteroatoms. The number of aliphatic imine (C=N–C) groups is 1. The van der Waals surface area contributed by atoms with Crippen molar-refractivity contribution in [1.29, 1.82) is 0 Å². The number of amides is 1. The van der Waals surface area contributed by atoms with E-state index < -0.39 is 0 Å². The summed E-state index contributed by atoms with van der Waals surface area (Å²) in [6.07, 6.45) is 2.21. The van der Waals surface area contributed by atoms with Crippen molar-refractivity contribution >= 4 is 23.2 Å². The van der Waals surface area contributed by atoms with Crippen LogP contribution in [0, 0.1) is 0 Å². The second-order valence-electron chi connectivity index (χ2n) is 4.72. The maximum atomic E-state index is 11.6. The minimum Gasteiger partial charge on any atom is -0.356 e. The van der Waals surface area contributed by atoms with Gasteiger partial charge in [0.2, 0.25) is 5.91 Å². The van der Waals surface area contributed by atoms with Gasteiger partial charge in [-0.25, -0.2) is 4.99 Å². The Morgan fingerprint density at radius 3 is 2.80 bits per heavy atom. The lowest BCUT2D eigenvalue weighted by Crippen LogP contribution is -2.43. The zero-order chi connectivity index (χ0) is 14.8. The number of unbranched alkanes of at least 4 members (excludes halogenated alkanes) is 1. The Morgan fingerprint density at radius 2 is 2.20 bits per heavy atom. The first-order valence-electron chi connectivity index (χ1n) is 6.87. The molecule has 112 valence electrons. The van der Waals surface area contributed by atoms with Gasteiger partial charge in [0.05, 0.1) is 13.1 Å². The average molecular weight is 296 g/mol. The van der Waals surface area contributed by atoms with E-state index in [1.165, 1.54) is 5.56 Å². The number of carbonyl (C=O) groups is 1. The summed E-state index contributed by atoms with van der Waals surface area (Å²) >= 11 is 1.66. The first-order chi connectivity index (χ1) is 9.63. The molecule has 0 bridgehead atoms. The summed E-state index contributed by atoms with van der Waals surface area (Å²) in [5.41, 5.74) is 1.19. The highest BCUT2D eigenvalue weighted by atomic mass is 32.1. The molecule has 20 heavy (non-hydrogen) atoms. The van der Waals surface area contributed by atoms with Crippen molar-refractivity contribution in [3.8, 4) is 0 Å². The zero-order valence-corrected chi connectivity index (χ0v) is 13.3. The molecule has 0 aliphatic carbocycles. The van der Waals surface area contributed by atoms with Gasteiger partial charge >= 0.3 is 0 Å². The molecule has 0 unspecified atom stereocenters. The maximum absolute atomic E-state index is 11.6. The lowest BCUT2D eigenvalue weighted by atomic mass is 10.3. The highest BCUT2D eigenvalue weighted by Crippen LogP contribution is 2.06. The molecular formula is C14H24N4OS. The third-order valence-corrected chi connectivity index (χ3v) is 3.46. The number of nitrogens with one attached hydrogen (secondary N) is 2. The number of hydrogen-bond acceptors (Lipinski definition) is 3. The molecule has 5 nitrogen and oxygen atoms in total. The van der Waals surface area contributed by atoms with Crippen LogP contribution in [0.2, 0.25) is 0 Å². The van der Waals surface area contributed by atoms with Gasteiger partial charge in [0.1, 0.15) is 0 Å². The Kier molecular flexibility index (Phi) is 7.72. The molecule has 1 aromatic rings. The number of rotatable bonds is 7. The van der Waals surface area contributed by atoms with Crippen LogP contribution in [0.4, 0.5) is 0 Å². The van der Waals surface area contributed by atoms with Gasteiger partial charge in [-0.3, -0.25) is 4.79 Å². The monoisotopic (exact) mass is 296 g/mol. The topological polar surface area (TPSA) is 56.7 Å². The van der Waals surface area contributed by atoms with Gasteiger partial charge in [-0.1, -0.05) is 13.3 Å². The average Bonchev–Trinajstić information content (AvgIpc) is 2.94. The maximum Gasteiger partial charge on any atom is 0.241 e. The molecule has 0 fully saturated rings. The van der Waals surface area contributed by atoms with Gasteiger partial charge < -0.3 is 15.5 Å². The second-order valence-corrected chi connectivity index (χ2v) is 5.50. The Morgan fingerprint density at radius 1 is 1.40 bits per heavy atom. The Hall–Kier alpha value is -1.56. The summed E-state index contributed by atoms with van der Waals surface area (Å²) in [6.45, 7) is 3.89. The molecule has 0 saturated heterocycles. The van der Waals surface area contributed by atoms with Gasteiger partial charge in [-0.2, -0.15) is 11.3 Å². The summed E-state index contributed by atoms with van der Waals surface area (Å²) < 4.78 is 0. The van der Waals surface area contributed by atoms with Crippen LogP contribution in [0.25, 0.3) is 0 Å². The molecule has 0 aliphatic rings. The number of guanidine groups is 1. The van der Waals surface area contributed by atoms with Gasteiger partial charge in [-0.15, -0.1) is 0 Å². The van der Waals surface area contributed by atoms with Crippen molar-refractivity contribution in [3.63, 3.8) is 0 Å². The van der Waals surface area contributed by atoms with Crippen molar-refractivity contribution in [2.45, 2.75) is 26.3 Å². The van der Waals surface area contributed by atoms with Crippen LogP contribution in [0.5, 0.6) is 0 Å². The summed E-state index contributed by atoms with van der Waals surface area (Å²) in [5, 5.41) is 10.4. The van der Waals surface area contributed by atoms with Crippen molar-refractivity contribution < 1.29 is 4.79 Å². The normalized spacial score (nSPS) is 11.2. The fourth-order valence-electron chi connectivity index (χ4n) is 1.43. The highest BCUT2D eigenvalue weighted by molar-refractivity contribution is 7.07. The second kappa shape index (κ2) is 9.36.